The lowest BCUT2D eigenvalue weighted by Crippen LogP contribution is -2.25. The Morgan fingerprint density at radius 2 is 1.85 bits per heavy atom. The summed E-state index contributed by atoms with van der Waals surface area (Å²) < 4.78 is 5.30. The zero-order chi connectivity index (χ0) is 23.4. The van der Waals surface area contributed by atoms with E-state index < -0.39 is 5.25 Å². The number of likely N-dealkylation sites (tertiary alicyclic amines) is 1. The second kappa shape index (κ2) is 10.1. The molecule has 3 amide bonds. The van der Waals surface area contributed by atoms with Crippen LogP contribution in [0.4, 0.5) is 11.4 Å². The lowest BCUT2D eigenvalue weighted by molar-refractivity contribution is -0.121. The maximum absolute atomic E-state index is 12.6. The zero-order valence-corrected chi connectivity index (χ0v) is 19.4. The van der Waals surface area contributed by atoms with Gasteiger partial charge in [0.2, 0.25) is 5.91 Å². The summed E-state index contributed by atoms with van der Waals surface area (Å²) in [5.41, 5.74) is 2.60. The number of nitrogens with one attached hydrogen (secondary N) is 2. The van der Waals surface area contributed by atoms with Gasteiger partial charge in [-0.3, -0.25) is 14.4 Å². The Morgan fingerprint density at radius 3 is 2.55 bits per heavy atom. The molecule has 0 radical (unpaired) electrons. The zero-order valence-electron chi connectivity index (χ0n) is 18.6. The number of hydrogen-bond donors (Lipinski definition) is 2. The third-order valence-corrected chi connectivity index (χ3v) is 6.72. The molecule has 0 aromatic heterocycles. The number of benzene rings is 2. The van der Waals surface area contributed by atoms with Crippen LogP contribution in [-0.2, 0) is 9.59 Å². The second-order valence-electron chi connectivity index (χ2n) is 8.02. The molecule has 33 heavy (non-hydrogen) atoms. The van der Waals surface area contributed by atoms with Crippen molar-refractivity contribution in [1.29, 1.82) is 0 Å². The maximum Gasteiger partial charge on any atom is 0.262 e. The summed E-state index contributed by atoms with van der Waals surface area (Å²) in [4.78, 5) is 43.5. The number of nitrogens with zero attached hydrogens (tertiary/aromatic N) is 2. The van der Waals surface area contributed by atoms with Crippen molar-refractivity contribution in [3.05, 3.63) is 53.6 Å². The van der Waals surface area contributed by atoms with Gasteiger partial charge in [0.05, 0.1) is 12.8 Å². The van der Waals surface area contributed by atoms with Crippen LogP contribution >= 0.6 is 11.8 Å². The van der Waals surface area contributed by atoms with E-state index in [0.717, 1.165) is 36.7 Å². The van der Waals surface area contributed by atoms with Crippen LogP contribution in [0.2, 0.25) is 0 Å². The molecule has 0 saturated carbocycles. The molecule has 9 heteroatoms. The van der Waals surface area contributed by atoms with Gasteiger partial charge in [-0.1, -0.05) is 17.8 Å². The molecule has 2 aliphatic rings. The molecule has 0 spiro atoms. The van der Waals surface area contributed by atoms with E-state index in [2.05, 4.69) is 20.5 Å². The molecule has 2 heterocycles. The lowest BCUT2D eigenvalue weighted by Gasteiger charge is -2.16. The van der Waals surface area contributed by atoms with E-state index in [1.165, 1.54) is 11.8 Å². The van der Waals surface area contributed by atoms with E-state index >= 15 is 0 Å². The van der Waals surface area contributed by atoms with Gasteiger partial charge in [-0.25, -0.2) is 0 Å². The van der Waals surface area contributed by atoms with Crippen LogP contribution in [0, 0.1) is 6.92 Å². The summed E-state index contributed by atoms with van der Waals surface area (Å²) >= 11 is 1.37. The van der Waals surface area contributed by atoms with Crippen LogP contribution in [0.3, 0.4) is 0 Å². The van der Waals surface area contributed by atoms with Gasteiger partial charge in [0.25, 0.3) is 11.8 Å². The molecule has 8 nitrogen and oxygen atoms in total. The summed E-state index contributed by atoms with van der Waals surface area (Å²) in [6, 6.07) is 12.1. The van der Waals surface area contributed by atoms with Crippen molar-refractivity contribution in [1.82, 2.24) is 4.90 Å². The van der Waals surface area contributed by atoms with Crippen molar-refractivity contribution in [3.63, 3.8) is 0 Å². The molecule has 2 aromatic rings. The van der Waals surface area contributed by atoms with Gasteiger partial charge in [0.15, 0.2) is 5.17 Å². The first-order valence-electron chi connectivity index (χ1n) is 10.8. The van der Waals surface area contributed by atoms with Crippen LogP contribution in [0.15, 0.2) is 47.5 Å². The third kappa shape index (κ3) is 5.54. The third-order valence-electron chi connectivity index (χ3n) is 5.51. The molecular weight excluding hydrogens is 440 g/mol. The number of rotatable bonds is 6. The molecule has 0 aliphatic carbocycles. The SMILES string of the molecule is COc1ccc(C)cc1NC(=O)c1ccc(NC(=O)C[C@@H]2SC(N3CCCC3)=NC2=O)cc1. The van der Waals surface area contributed by atoms with E-state index in [1.807, 2.05) is 19.1 Å². The highest BCUT2D eigenvalue weighted by Crippen LogP contribution is 2.29. The molecule has 4 rings (SSSR count). The molecule has 1 saturated heterocycles. The Labute approximate surface area is 196 Å². The fourth-order valence-electron chi connectivity index (χ4n) is 3.75. The van der Waals surface area contributed by atoms with Gasteiger partial charge in [-0.2, -0.15) is 4.99 Å². The van der Waals surface area contributed by atoms with E-state index in [1.54, 1.807) is 37.4 Å². The molecule has 1 fully saturated rings. The number of thioether (sulfide) groups is 1. The standard InChI is InChI=1S/C24H26N4O4S/c1-15-5-10-19(32-2)18(13-15)26-22(30)16-6-8-17(9-7-16)25-21(29)14-20-23(31)27-24(33-20)28-11-3-4-12-28/h5-10,13,20H,3-4,11-12,14H2,1-2H3,(H,25,29)(H,26,30)/t20-/m0/s1. The van der Waals surface area contributed by atoms with Gasteiger partial charge in [0, 0.05) is 30.8 Å². The average molecular weight is 467 g/mol. The van der Waals surface area contributed by atoms with Gasteiger partial charge >= 0.3 is 0 Å². The van der Waals surface area contributed by atoms with E-state index in [-0.39, 0.29) is 24.1 Å². The topological polar surface area (TPSA) is 100 Å². The Bertz CT molecular complexity index is 1090. The van der Waals surface area contributed by atoms with Crippen LogP contribution < -0.4 is 15.4 Å². The molecular formula is C24H26N4O4S. The highest BCUT2D eigenvalue weighted by molar-refractivity contribution is 8.15. The highest BCUT2D eigenvalue weighted by atomic mass is 32.2. The van der Waals surface area contributed by atoms with Gasteiger partial charge in [0.1, 0.15) is 11.0 Å². The Hall–Kier alpha value is -3.33. The Morgan fingerprint density at radius 1 is 1.12 bits per heavy atom. The van der Waals surface area contributed by atoms with E-state index in [0.29, 0.717) is 22.7 Å². The second-order valence-corrected chi connectivity index (χ2v) is 9.19. The number of anilines is 2. The van der Waals surface area contributed by atoms with Crippen LogP contribution in [0.25, 0.3) is 0 Å². The molecule has 0 bridgehead atoms. The van der Waals surface area contributed by atoms with Crippen molar-refractivity contribution in [2.24, 2.45) is 4.99 Å². The number of methoxy groups -OCH3 is 1. The number of carbonyl (C=O) groups is 3. The van der Waals surface area contributed by atoms with Crippen molar-refractivity contribution in [2.75, 3.05) is 30.8 Å². The summed E-state index contributed by atoms with van der Waals surface area (Å²) in [6.07, 6.45) is 2.26. The van der Waals surface area contributed by atoms with Crippen LogP contribution in [0.5, 0.6) is 5.75 Å². The summed E-state index contributed by atoms with van der Waals surface area (Å²) in [5.74, 6) is -0.221. The largest absolute Gasteiger partial charge is 0.495 e. The monoisotopic (exact) mass is 466 g/mol. The molecule has 172 valence electrons. The maximum atomic E-state index is 12.6. The Balaban J connectivity index is 1.31. The first-order chi connectivity index (χ1) is 15.9. The molecule has 0 unspecified atom stereocenters. The van der Waals surface area contributed by atoms with E-state index in [9.17, 15) is 14.4 Å². The number of hydrogen-bond acceptors (Lipinski definition) is 6. The summed E-state index contributed by atoms with van der Waals surface area (Å²) in [7, 11) is 1.55. The summed E-state index contributed by atoms with van der Waals surface area (Å²) in [5, 5.41) is 5.89. The number of amidine groups is 1. The molecule has 2 N–H and O–H groups in total. The lowest BCUT2D eigenvalue weighted by atomic mass is 10.1. The predicted molar refractivity (Wildman–Crippen MR) is 130 cm³/mol. The van der Waals surface area contributed by atoms with Crippen LogP contribution in [0.1, 0.15) is 35.2 Å². The fraction of sp³-hybridized carbons (Fsp3) is 0.333. The number of aliphatic imine (C=N–C) groups is 1. The fourth-order valence-corrected chi connectivity index (χ4v) is 4.87. The van der Waals surface area contributed by atoms with Crippen molar-refractivity contribution < 1.29 is 19.1 Å². The first-order valence-corrected chi connectivity index (χ1v) is 11.7. The smallest absolute Gasteiger partial charge is 0.262 e. The van der Waals surface area contributed by atoms with Crippen molar-refractivity contribution in [3.8, 4) is 5.75 Å². The van der Waals surface area contributed by atoms with Gasteiger partial charge in [-0.05, 0) is 61.7 Å². The average Bonchev–Trinajstić information content (AvgIpc) is 3.45. The van der Waals surface area contributed by atoms with Gasteiger partial charge in [-0.15, -0.1) is 0 Å². The van der Waals surface area contributed by atoms with Crippen molar-refractivity contribution >= 4 is 46.0 Å². The van der Waals surface area contributed by atoms with Crippen molar-refractivity contribution in [2.45, 2.75) is 31.4 Å². The normalized spacial score (nSPS) is 17.6. The highest BCUT2D eigenvalue weighted by Gasteiger charge is 2.33. The van der Waals surface area contributed by atoms with Gasteiger partial charge < -0.3 is 20.3 Å². The van der Waals surface area contributed by atoms with Crippen LogP contribution in [-0.4, -0.2) is 53.2 Å². The molecule has 2 aromatic carbocycles. The molecule has 1 atom stereocenters. The molecule has 2 aliphatic heterocycles. The number of aryl methyl sites for hydroxylation is 1. The summed E-state index contributed by atoms with van der Waals surface area (Å²) in [6.45, 7) is 3.76. The minimum absolute atomic E-state index is 0.0553. The number of amides is 3. The first kappa shape index (κ1) is 22.8. The predicted octanol–water partition coefficient (Wildman–Crippen LogP) is 3.68. The Kier molecular flexibility index (Phi) is 6.98. The number of carbonyl (C=O) groups excluding carboxylic acids is 3. The number of ether oxygens (including phenoxy) is 1. The minimum atomic E-state index is -0.491. The minimum Gasteiger partial charge on any atom is -0.495 e. The van der Waals surface area contributed by atoms with E-state index in [4.69, 9.17) is 4.74 Å². The quantitative estimate of drug-likeness (QED) is 0.674.